The fourth-order valence-electron chi connectivity index (χ4n) is 2.01. The zero-order chi connectivity index (χ0) is 17.5. The van der Waals surface area contributed by atoms with Crippen LogP contribution in [0.5, 0.6) is 0 Å². The Morgan fingerprint density at radius 3 is 2.50 bits per heavy atom. The topological polar surface area (TPSA) is 70.6 Å². The molecule has 0 unspecified atom stereocenters. The Balaban J connectivity index is 1.87. The molecule has 6 heteroatoms. The van der Waals surface area contributed by atoms with E-state index in [0.717, 1.165) is 5.56 Å². The van der Waals surface area contributed by atoms with Crippen molar-refractivity contribution in [2.75, 3.05) is 5.32 Å². The Labute approximate surface area is 139 Å². The summed E-state index contributed by atoms with van der Waals surface area (Å²) in [6.45, 7) is 3.53. The fraction of sp³-hybridized carbons (Fsp3) is 0.167. The molecular formula is C18H18FN3O2. The summed E-state index contributed by atoms with van der Waals surface area (Å²) in [6.07, 6.45) is 0.0193. The first-order valence-corrected chi connectivity index (χ1v) is 7.39. The van der Waals surface area contributed by atoms with Gasteiger partial charge in [-0.2, -0.15) is 5.10 Å². The highest BCUT2D eigenvalue weighted by Gasteiger charge is 2.07. The molecule has 2 aromatic carbocycles. The Kier molecular flexibility index (Phi) is 5.78. The minimum atomic E-state index is -0.371. The van der Waals surface area contributed by atoms with E-state index in [4.69, 9.17) is 0 Å². The SMILES string of the molecule is C/C(CC(=O)Nc1ccc(F)cc1)=N\NC(=O)c1cccc(C)c1. The van der Waals surface area contributed by atoms with Crippen molar-refractivity contribution in [2.24, 2.45) is 5.10 Å². The third kappa shape index (κ3) is 5.31. The first kappa shape index (κ1) is 17.3. The summed E-state index contributed by atoms with van der Waals surface area (Å²) >= 11 is 0. The van der Waals surface area contributed by atoms with Crippen LogP contribution in [0, 0.1) is 12.7 Å². The number of hydrogen-bond acceptors (Lipinski definition) is 3. The van der Waals surface area contributed by atoms with Gasteiger partial charge in [-0.1, -0.05) is 17.7 Å². The van der Waals surface area contributed by atoms with Crippen molar-refractivity contribution < 1.29 is 14.0 Å². The molecule has 0 spiro atoms. The van der Waals surface area contributed by atoms with Gasteiger partial charge in [-0.25, -0.2) is 9.82 Å². The van der Waals surface area contributed by atoms with Crippen molar-refractivity contribution in [3.63, 3.8) is 0 Å². The summed E-state index contributed by atoms with van der Waals surface area (Å²) in [7, 11) is 0. The molecule has 0 heterocycles. The maximum absolute atomic E-state index is 12.8. The number of carbonyl (C=O) groups is 2. The molecule has 0 radical (unpaired) electrons. The molecule has 0 aliphatic rings. The molecular weight excluding hydrogens is 309 g/mol. The van der Waals surface area contributed by atoms with Gasteiger partial charge in [0.25, 0.3) is 5.91 Å². The van der Waals surface area contributed by atoms with Gasteiger partial charge < -0.3 is 5.32 Å². The Morgan fingerprint density at radius 2 is 1.83 bits per heavy atom. The zero-order valence-corrected chi connectivity index (χ0v) is 13.5. The minimum Gasteiger partial charge on any atom is -0.326 e. The second kappa shape index (κ2) is 8.01. The zero-order valence-electron chi connectivity index (χ0n) is 13.5. The Hall–Kier alpha value is -3.02. The van der Waals surface area contributed by atoms with Gasteiger partial charge in [-0.15, -0.1) is 0 Å². The highest BCUT2D eigenvalue weighted by Crippen LogP contribution is 2.08. The van der Waals surface area contributed by atoms with E-state index < -0.39 is 0 Å². The van der Waals surface area contributed by atoms with E-state index in [1.54, 1.807) is 25.1 Å². The molecule has 24 heavy (non-hydrogen) atoms. The number of hydrazone groups is 1. The summed E-state index contributed by atoms with van der Waals surface area (Å²) in [5, 5.41) is 6.55. The average Bonchev–Trinajstić information content (AvgIpc) is 2.54. The molecule has 5 nitrogen and oxygen atoms in total. The number of amides is 2. The molecule has 0 saturated heterocycles. The number of anilines is 1. The molecule has 0 aliphatic heterocycles. The van der Waals surface area contributed by atoms with E-state index in [1.165, 1.54) is 24.3 Å². The minimum absolute atomic E-state index is 0.0193. The monoisotopic (exact) mass is 327 g/mol. The van der Waals surface area contributed by atoms with Gasteiger partial charge in [-0.3, -0.25) is 9.59 Å². The molecule has 0 atom stereocenters. The van der Waals surface area contributed by atoms with Gasteiger partial charge in [0.05, 0.1) is 6.42 Å². The molecule has 0 bridgehead atoms. The first-order valence-electron chi connectivity index (χ1n) is 7.39. The fourth-order valence-corrected chi connectivity index (χ4v) is 2.01. The lowest BCUT2D eigenvalue weighted by atomic mass is 10.1. The van der Waals surface area contributed by atoms with E-state index in [-0.39, 0.29) is 24.1 Å². The summed E-state index contributed by atoms with van der Waals surface area (Å²) in [6, 6.07) is 12.6. The van der Waals surface area contributed by atoms with Crippen LogP contribution in [0.4, 0.5) is 10.1 Å². The number of halogens is 1. The molecule has 124 valence electrons. The first-order chi connectivity index (χ1) is 11.4. The van der Waals surface area contributed by atoms with Crippen LogP contribution in [-0.4, -0.2) is 17.5 Å². The number of nitrogens with one attached hydrogen (secondary N) is 2. The molecule has 2 rings (SSSR count). The molecule has 2 aromatic rings. The van der Waals surface area contributed by atoms with Crippen LogP contribution in [-0.2, 0) is 4.79 Å². The van der Waals surface area contributed by atoms with Crippen LogP contribution in [0.1, 0.15) is 29.3 Å². The quantitative estimate of drug-likeness (QED) is 0.653. The van der Waals surface area contributed by atoms with Crippen molar-refractivity contribution in [3.8, 4) is 0 Å². The summed E-state index contributed by atoms with van der Waals surface area (Å²) in [5.74, 6) is -1.01. The number of hydrogen-bond donors (Lipinski definition) is 2. The molecule has 2 N–H and O–H groups in total. The number of benzene rings is 2. The van der Waals surface area contributed by atoms with Crippen LogP contribution in [0.2, 0.25) is 0 Å². The molecule has 0 aliphatic carbocycles. The smallest absolute Gasteiger partial charge is 0.271 e. The van der Waals surface area contributed by atoms with Gasteiger partial charge in [-0.05, 0) is 50.2 Å². The summed E-state index contributed by atoms with van der Waals surface area (Å²) in [4.78, 5) is 23.8. The summed E-state index contributed by atoms with van der Waals surface area (Å²) in [5.41, 5.74) is 4.85. The van der Waals surface area contributed by atoms with Crippen LogP contribution >= 0.6 is 0 Å². The normalized spacial score (nSPS) is 11.0. The number of carbonyl (C=O) groups excluding carboxylic acids is 2. The largest absolute Gasteiger partial charge is 0.326 e. The van der Waals surface area contributed by atoms with Crippen molar-refractivity contribution in [1.82, 2.24) is 5.43 Å². The highest BCUT2D eigenvalue weighted by molar-refractivity contribution is 6.06. The maximum atomic E-state index is 12.8. The van der Waals surface area contributed by atoms with Gasteiger partial charge >= 0.3 is 0 Å². The van der Waals surface area contributed by atoms with Crippen LogP contribution in [0.25, 0.3) is 0 Å². The lowest BCUT2D eigenvalue weighted by Crippen LogP contribution is -2.21. The standard InChI is InChI=1S/C18H18FN3O2/c1-12-4-3-5-14(10-12)18(24)22-21-13(2)11-17(23)20-16-8-6-15(19)7-9-16/h3-10H,11H2,1-2H3,(H,20,23)(H,22,24)/b21-13+. The van der Waals surface area contributed by atoms with E-state index in [2.05, 4.69) is 15.8 Å². The van der Waals surface area contributed by atoms with Crippen LogP contribution in [0.3, 0.4) is 0 Å². The second-order valence-electron chi connectivity index (χ2n) is 5.39. The Morgan fingerprint density at radius 1 is 1.12 bits per heavy atom. The van der Waals surface area contributed by atoms with E-state index >= 15 is 0 Å². The lowest BCUT2D eigenvalue weighted by Gasteiger charge is -2.06. The van der Waals surface area contributed by atoms with Gasteiger partial charge in [0.2, 0.25) is 5.91 Å². The Bertz CT molecular complexity index is 770. The number of nitrogens with zero attached hydrogens (tertiary/aromatic N) is 1. The molecule has 0 fully saturated rings. The number of aryl methyl sites for hydroxylation is 1. The predicted octanol–water partition coefficient (Wildman–Crippen LogP) is 3.27. The maximum Gasteiger partial charge on any atom is 0.271 e. The molecule has 0 aromatic heterocycles. The van der Waals surface area contributed by atoms with Crippen molar-refractivity contribution in [1.29, 1.82) is 0 Å². The van der Waals surface area contributed by atoms with Crippen molar-refractivity contribution >= 4 is 23.2 Å². The van der Waals surface area contributed by atoms with E-state index in [9.17, 15) is 14.0 Å². The molecule has 0 saturated carbocycles. The van der Waals surface area contributed by atoms with Gasteiger partial charge in [0.1, 0.15) is 5.82 Å². The van der Waals surface area contributed by atoms with E-state index in [1.807, 2.05) is 13.0 Å². The summed E-state index contributed by atoms with van der Waals surface area (Å²) < 4.78 is 12.8. The van der Waals surface area contributed by atoms with Crippen LogP contribution < -0.4 is 10.7 Å². The lowest BCUT2D eigenvalue weighted by molar-refractivity contribution is -0.115. The highest BCUT2D eigenvalue weighted by atomic mass is 19.1. The molecule has 2 amide bonds. The van der Waals surface area contributed by atoms with E-state index in [0.29, 0.717) is 17.0 Å². The van der Waals surface area contributed by atoms with Gasteiger partial charge in [0.15, 0.2) is 0 Å². The second-order valence-corrected chi connectivity index (χ2v) is 5.39. The predicted molar refractivity (Wildman–Crippen MR) is 91.4 cm³/mol. The van der Waals surface area contributed by atoms with Crippen molar-refractivity contribution in [2.45, 2.75) is 20.3 Å². The third-order valence-corrected chi connectivity index (χ3v) is 3.17. The van der Waals surface area contributed by atoms with Crippen molar-refractivity contribution in [3.05, 3.63) is 65.5 Å². The van der Waals surface area contributed by atoms with Crippen LogP contribution in [0.15, 0.2) is 53.6 Å². The average molecular weight is 327 g/mol. The number of rotatable bonds is 5. The third-order valence-electron chi connectivity index (χ3n) is 3.17. The van der Waals surface area contributed by atoms with Gasteiger partial charge in [0, 0.05) is 17.0 Å².